The Hall–Kier alpha value is -2.91. The summed E-state index contributed by atoms with van der Waals surface area (Å²) in [6.45, 7) is 3.83. The molecule has 1 aromatic carbocycles. The van der Waals surface area contributed by atoms with Crippen LogP contribution >= 0.6 is 0 Å². The van der Waals surface area contributed by atoms with Crippen molar-refractivity contribution in [1.82, 2.24) is 4.90 Å². The summed E-state index contributed by atoms with van der Waals surface area (Å²) in [5.41, 5.74) is 4.88. The molecular formula is C27H33N3O6. The van der Waals surface area contributed by atoms with E-state index in [4.69, 9.17) is 5.73 Å². The summed E-state index contributed by atoms with van der Waals surface area (Å²) >= 11 is 0. The number of nitrogens with two attached hydrogens (primary N) is 1. The molecule has 9 nitrogen and oxygen atoms in total. The third kappa shape index (κ3) is 3.39. The maximum Gasteiger partial charge on any atom is 0.235 e. The minimum absolute atomic E-state index is 0.134. The Labute approximate surface area is 210 Å². The van der Waals surface area contributed by atoms with Crippen molar-refractivity contribution in [2.45, 2.75) is 44.2 Å². The number of hydrogen-bond donors (Lipinski definition) is 2. The van der Waals surface area contributed by atoms with Gasteiger partial charge in [-0.25, -0.2) is 0 Å². The number of anilines is 1. The van der Waals surface area contributed by atoms with Crippen LogP contribution in [0.5, 0.6) is 0 Å². The van der Waals surface area contributed by atoms with Crippen LogP contribution in [0.15, 0.2) is 18.2 Å². The van der Waals surface area contributed by atoms with Crippen LogP contribution in [-0.4, -0.2) is 77.9 Å². The molecule has 2 saturated carbocycles. The minimum atomic E-state index is -2.62. The second kappa shape index (κ2) is 8.59. The van der Waals surface area contributed by atoms with Gasteiger partial charge in [-0.1, -0.05) is 19.1 Å². The summed E-state index contributed by atoms with van der Waals surface area (Å²) in [5.74, 6) is -8.42. The molecular weight excluding hydrogens is 462 g/mol. The minimum Gasteiger partial charge on any atom is -0.374 e. The van der Waals surface area contributed by atoms with E-state index in [0.29, 0.717) is 17.9 Å². The number of benzene rings is 1. The first-order valence-corrected chi connectivity index (χ1v) is 12.7. The third-order valence-electron chi connectivity index (χ3n) is 8.92. The van der Waals surface area contributed by atoms with Crippen molar-refractivity contribution in [3.8, 4) is 0 Å². The molecule has 0 spiro atoms. The molecule has 6 atom stereocenters. The van der Waals surface area contributed by atoms with Gasteiger partial charge in [0.05, 0.1) is 12.0 Å². The summed E-state index contributed by atoms with van der Waals surface area (Å²) in [6.07, 6.45) is 2.58. The lowest BCUT2D eigenvalue weighted by Crippen LogP contribution is -2.74. The predicted octanol–water partition coefficient (Wildman–Crippen LogP) is 0.398. The van der Waals surface area contributed by atoms with Gasteiger partial charge in [0.2, 0.25) is 5.91 Å². The predicted molar refractivity (Wildman–Crippen MR) is 130 cm³/mol. The standard InChI is InChI=1S/C27H33N3O6/c1-13-7-9-30(10-8-13)17-6-4-5-14-11-15-12-16-21(29(2)3)23(32)20(26(28)35)25(34)27(16,36)24(33)19(15)22(31)18(14)17/h4-6,13,15-16,19-21,36H,7-12H2,1-3H3,(H2,28,35)/t15?,16?,19?,20?,21-,27-/m0/s1. The highest BCUT2D eigenvalue weighted by molar-refractivity contribution is 6.32. The molecule has 1 amide bonds. The second-order valence-corrected chi connectivity index (χ2v) is 11.3. The lowest BCUT2D eigenvalue weighted by atomic mass is 9.52. The van der Waals surface area contributed by atoms with Crippen molar-refractivity contribution < 1.29 is 29.1 Å². The van der Waals surface area contributed by atoms with Crippen molar-refractivity contribution >= 4 is 34.7 Å². The SMILES string of the molecule is CC1CCN(c2cccc3c2C(=O)C2C(=O)[C@]4(O)C(=O)C(C(N)=O)C(=O)[C@@H](N(C)C)C4CC2C3)CC1. The lowest BCUT2D eigenvalue weighted by molar-refractivity contribution is -0.181. The molecule has 0 radical (unpaired) electrons. The largest absolute Gasteiger partial charge is 0.374 e. The monoisotopic (exact) mass is 495 g/mol. The Morgan fingerprint density at radius 3 is 2.39 bits per heavy atom. The number of hydrogen-bond acceptors (Lipinski definition) is 8. The first-order valence-electron chi connectivity index (χ1n) is 12.7. The Morgan fingerprint density at radius 1 is 1.11 bits per heavy atom. The average molecular weight is 496 g/mol. The van der Waals surface area contributed by atoms with Crippen LogP contribution in [0.25, 0.3) is 0 Å². The second-order valence-electron chi connectivity index (χ2n) is 11.3. The number of piperidine rings is 1. The zero-order chi connectivity index (χ0) is 26.1. The number of ketones is 4. The first-order chi connectivity index (χ1) is 17.0. The smallest absolute Gasteiger partial charge is 0.235 e. The number of carbonyl (C=O) groups is 5. The molecule has 1 heterocycles. The van der Waals surface area contributed by atoms with Crippen LogP contribution in [0.3, 0.4) is 0 Å². The molecule has 1 saturated heterocycles. The fourth-order valence-corrected chi connectivity index (χ4v) is 7.06. The number of Topliss-reactive ketones (excluding diaryl/α,β-unsaturated/α-hetero) is 4. The quantitative estimate of drug-likeness (QED) is 0.575. The van der Waals surface area contributed by atoms with Crippen molar-refractivity contribution in [2.24, 2.45) is 35.3 Å². The molecule has 1 aromatic rings. The molecule has 9 heteroatoms. The van der Waals surface area contributed by atoms with E-state index in [2.05, 4.69) is 11.8 Å². The van der Waals surface area contributed by atoms with Crippen LogP contribution in [-0.2, 0) is 25.6 Å². The molecule has 0 aromatic heterocycles. The zero-order valence-electron chi connectivity index (χ0n) is 20.9. The van der Waals surface area contributed by atoms with E-state index in [9.17, 15) is 29.1 Å². The van der Waals surface area contributed by atoms with Gasteiger partial charge in [-0.3, -0.25) is 28.9 Å². The number of amides is 1. The van der Waals surface area contributed by atoms with Crippen molar-refractivity contribution in [3.05, 3.63) is 29.3 Å². The van der Waals surface area contributed by atoms with Crippen molar-refractivity contribution in [2.75, 3.05) is 32.1 Å². The van der Waals surface area contributed by atoms with E-state index in [1.807, 2.05) is 18.2 Å². The van der Waals surface area contributed by atoms with Crippen LogP contribution < -0.4 is 10.6 Å². The molecule has 3 aliphatic carbocycles. The van der Waals surface area contributed by atoms with Crippen LogP contribution in [0.2, 0.25) is 0 Å². The third-order valence-corrected chi connectivity index (χ3v) is 8.92. The molecule has 3 fully saturated rings. The van der Waals surface area contributed by atoms with E-state index in [-0.39, 0.29) is 6.42 Å². The molecule has 0 bridgehead atoms. The van der Waals surface area contributed by atoms with E-state index in [1.54, 1.807) is 14.1 Å². The molecule has 5 rings (SSSR count). The number of fused-ring (bicyclic) bond motifs is 3. The molecule has 192 valence electrons. The number of rotatable bonds is 3. The van der Waals surface area contributed by atoms with Gasteiger partial charge >= 0.3 is 0 Å². The summed E-state index contributed by atoms with van der Waals surface area (Å²) in [4.78, 5) is 70.2. The maximum absolute atomic E-state index is 14.0. The summed E-state index contributed by atoms with van der Waals surface area (Å²) < 4.78 is 0. The number of carbonyl (C=O) groups excluding carboxylic acids is 5. The molecule has 36 heavy (non-hydrogen) atoms. The Morgan fingerprint density at radius 2 is 1.78 bits per heavy atom. The molecule has 3 N–H and O–H groups in total. The summed E-state index contributed by atoms with van der Waals surface area (Å²) in [6, 6.07) is 4.67. The van der Waals surface area contributed by atoms with Gasteiger partial charge in [0.25, 0.3) is 0 Å². The van der Waals surface area contributed by atoms with Gasteiger partial charge in [-0.2, -0.15) is 0 Å². The highest BCUT2D eigenvalue weighted by atomic mass is 16.3. The number of primary amides is 1. The summed E-state index contributed by atoms with van der Waals surface area (Å²) in [7, 11) is 3.20. The Balaban J connectivity index is 1.58. The molecule has 1 aliphatic heterocycles. The van der Waals surface area contributed by atoms with Gasteiger partial charge in [0.1, 0.15) is 0 Å². The zero-order valence-corrected chi connectivity index (χ0v) is 20.9. The fourth-order valence-electron chi connectivity index (χ4n) is 7.06. The Bertz CT molecular complexity index is 1170. The normalized spacial score (nSPS) is 34.9. The number of aliphatic hydroxyl groups is 1. The van der Waals surface area contributed by atoms with Crippen molar-refractivity contribution in [3.63, 3.8) is 0 Å². The van der Waals surface area contributed by atoms with Crippen molar-refractivity contribution in [1.29, 1.82) is 0 Å². The Kier molecular flexibility index (Phi) is 5.91. The highest BCUT2D eigenvalue weighted by Crippen LogP contribution is 2.50. The number of likely N-dealkylation sites (N-methyl/N-ethyl adjacent to an activating group) is 1. The first kappa shape index (κ1) is 24.8. The van der Waals surface area contributed by atoms with Crippen LogP contribution in [0.1, 0.15) is 42.1 Å². The van der Waals surface area contributed by atoms with E-state index < -0.39 is 64.4 Å². The maximum atomic E-state index is 14.0. The average Bonchev–Trinajstić information content (AvgIpc) is 2.81. The van der Waals surface area contributed by atoms with Gasteiger partial charge in [-0.05, 0) is 63.2 Å². The topological polar surface area (TPSA) is 138 Å². The highest BCUT2D eigenvalue weighted by Gasteiger charge is 2.69. The summed E-state index contributed by atoms with van der Waals surface area (Å²) in [5, 5.41) is 11.7. The van der Waals surface area contributed by atoms with Gasteiger partial charge in [-0.15, -0.1) is 0 Å². The lowest BCUT2D eigenvalue weighted by Gasteiger charge is -2.52. The van der Waals surface area contributed by atoms with Gasteiger partial charge < -0.3 is 15.7 Å². The fraction of sp³-hybridized carbons (Fsp3) is 0.593. The van der Waals surface area contributed by atoms with E-state index in [1.165, 1.54) is 4.90 Å². The molecule has 4 unspecified atom stereocenters. The van der Waals surface area contributed by atoms with Gasteiger partial charge in [0.15, 0.2) is 34.7 Å². The molecule has 4 aliphatic rings. The van der Waals surface area contributed by atoms with Crippen LogP contribution in [0.4, 0.5) is 5.69 Å². The van der Waals surface area contributed by atoms with Gasteiger partial charge in [0, 0.05) is 30.3 Å². The number of nitrogens with zero attached hydrogens (tertiary/aromatic N) is 2. The van der Waals surface area contributed by atoms with Crippen LogP contribution in [0, 0.1) is 29.6 Å². The van der Waals surface area contributed by atoms with E-state index >= 15 is 0 Å². The van der Waals surface area contributed by atoms with E-state index in [0.717, 1.165) is 37.2 Å².